The third kappa shape index (κ3) is 5.37. The van der Waals surface area contributed by atoms with Gasteiger partial charge in [-0.2, -0.15) is 0 Å². The molecule has 2 amide bonds. The van der Waals surface area contributed by atoms with E-state index in [9.17, 15) is 27.2 Å². The lowest BCUT2D eigenvalue weighted by Crippen LogP contribution is -2.56. The second-order valence-electron chi connectivity index (χ2n) is 7.90. The van der Waals surface area contributed by atoms with Crippen molar-refractivity contribution in [3.63, 3.8) is 0 Å². The van der Waals surface area contributed by atoms with E-state index in [-0.39, 0.29) is 18.2 Å². The van der Waals surface area contributed by atoms with Crippen molar-refractivity contribution in [2.24, 2.45) is 5.92 Å². The van der Waals surface area contributed by atoms with E-state index in [1.54, 1.807) is 0 Å². The van der Waals surface area contributed by atoms with E-state index in [4.69, 9.17) is 0 Å². The standard InChI is InChI=1S/C22H21F4N3O3/c23-15-10-14(8-9-17(15)32-22(24,25)26)19(12-6-7-12)29-21(31)16-11-18(30)28-20(27-16)13-4-2-1-3-5-13/h1-5,8-10,12,16,19-20,27H,6-7,11H2,(H,28,30)(H,29,31)/t16?,19-,20?/m1/s1. The Kier molecular flexibility index (Phi) is 6.05. The molecule has 0 bridgehead atoms. The van der Waals surface area contributed by atoms with E-state index >= 15 is 0 Å². The maximum atomic E-state index is 14.2. The molecule has 2 fully saturated rings. The molecular formula is C22H21F4N3O3. The molecule has 0 radical (unpaired) electrons. The fraction of sp³-hybridized carbons (Fsp3) is 0.364. The van der Waals surface area contributed by atoms with Gasteiger partial charge >= 0.3 is 6.36 Å². The number of halogens is 4. The van der Waals surface area contributed by atoms with Crippen molar-refractivity contribution >= 4 is 11.8 Å². The zero-order chi connectivity index (χ0) is 22.9. The zero-order valence-electron chi connectivity index (χ0n) is 16.8. The van der Waals surface area contributed by atoms with Crippen LogP contribution in [0.3, 0.4) is 0 Å². The summed E-state index contributed by atoms with van der Waals surface area (Å²) in [5, 5.41) is 8.73. The lowest BCUT2D eigenvalue weighted by molar-refractivity contribution is -0.275. The first-order chi connectivity index (χ1) is 15.2. The zero-order valence-corrected chi connectivity index (χ0v) is 16.8. The molecule has 2 aromatic rings. The van der Waals surface area contributed by atoms with Gasteiger partial charge in [0, 0.05) is 0 Å². The number of hydrogen-bond donors (Lipinski definition) is 3. The van der Waals surface area contributed by atoms with E-state index in [0.717, 1.165) is 30.5 Å². The highest BCUT2D eigenvalue weighted by molar-refractivity contribution is 5.90. The predicted molar refractivity (Wildman–Crippen MR) is 106 cm³/mol. The average Bonchev–Trinajstić information content (AvgIpc) is 3.58. The Labute approximate surface area is 181 Å². The first-order valence-corrected chi connectivity index (χ1v) is 10.2. The Morgan fingerprint density at radius 1 is 1.12 bits per heavy atom. The van der Waals surface area contributed by atoms with Crippen molar-refractivity contribution in [1.29, 1.82) is 0 Å². The summed E-state index contributed by atoms with van der Waals surface area (Å²) in [6.07, 6.45) is -4.03. The van der Waals surface area contributed by atoms with Gasteiger partial charge in [0.2, 0.25) is 11.8 Å². The van der Waals surface area contributed by atoms with Crippen molar-refractivity contribution in [2.45, 2.75) is 43.9 Å². The number of amides is 2. The number of carbonyl (C=O) groups excluding carboxylic acids is 2. The van der Waals surface area contributed by atoms with E-state index in [2.05, 4.69) is 20.7 Å². The first kappa shape index (κ1) is 22.1. The Hall–Kier alpha value is -3.14. The highest BCUT2D eigenvalue weighted by Crippen LogP contribution is 2.42. The second kappa shape index (κ2) is 8.78. The molecule has 1 aliphatic heterocycles. The summed E-state index contributed by atoms with van der Waals surface area (Å²) in [7, 11) is 0. The monoisotopic (exact) mass is 451 g/mol. The number of rotatable bonds is 6. The summed E-state index contributed by atoms with van der Waals surface area (Å²) in [6, 6.07) is 10.9. The second-order valence-corrected chi connectivity index (χ2v) is 7.90. The van der Waals surface area contributed by atoms with Gasteiger partial charge in [0.1, 0.15) is 6.17 Å². The fourth-order valence-corrected chi connectivity index (χ4v) is 3.78. The number of benzene rings is 2. The number of alkyl halides is 3. The highest BCUT2D eigenvalue weighted by atomic mass is 19.4. The van der Waals surface area contributed by atoms with Gasteiger partial charge in [-0.1, -0.05) is 36.4 Å². The lowest BCUT2D eigenvalue weighted by atomic mass is 10.00. The SMILES string of the molecule is O=C1CC(C(=O)N[C@@H](c2ccc(OC(F)(F)F)c(F)c2)C2CC2)NC(c2ccccc2)N1. The summed E-state index contributed by atoms with van der Waals surface area (Å²) in [6.45, 7) is 0. The average molecular weight is 451 g/mol. The van der Waals surface area contributed by atoms with Crippen molar-refractivity contribution in [2.75, 3.05) is 0 Å². The van der Waals surface area contributed by atoms with Crippen LogP contribution in [0.15, 0.2) is 48.5 Å². The molecule has 2 unspecified atom stereocenters. The molecule has 4 rings (SSSR count). The molecule has 1 saturated heterocycles. The van der Waals surface area contributed by atoms with Crippen molar-refractivity contribution in [3.05, 3.63) is 65.5 Å². The molecule has 1 saturated carbocycles. The molecule has 170 valence electrons. The first-order valence-electron chi connectivity index (χ1n) is 10.2. The Morgan fingerprint density at radius 3 is 2.47 bits per heavy atom. The minimum atomic E-state index is -5.00. The van der Waals surface area contributed by atoms with Crippen LogP contribution in [0.25, 0.3) is 0 Å². The Bertz CT molecular complexity index is 996. The molecule has 1 heterocycles. The molecule has 32 heavy (non-hydrogen) atoms. The smallest absolute Gasteiger partial charge is 0.403 e. The highest BCUT2D eigenvalue weighted by Gasteiger charge is 2.38. The molecule has 2 aromatic carbocycles. The summed E-state index contributed by atoms with van der Waals surface area (Å²) < 4.78 is 55.1. The van der Waals surface area contributed by atoms with Gasteiger partial charge in [-0.3, -0.25) is 14.9 Å². The van der Waals surface area contributed by atoms with Crippen LogP contribution in [0.1, 0.15) is 42.6 Å². The predicted octanol–water partition coefficient (Wildman–Crippen LogP) is 3.47. The Morgan fingerprint density at radius 2 is 1.84 bits per heavy atom. The van der Waals surface area contributed by atoms with Gasteiger partial charge in [-0.15, -0.1) is 13.2 Å². The summed E-state index contributed by atoms with van der Waals surface area (Å²) in [5.41, 5.74) is 1.13. The number of hydrogen-bond acceptors (Lipinski definition) is 4. The summed E-state index contributed by atoms with van der Waals surface area (Å²) in [5.74, 6) is -2.79. The summed E-state index contributed by atoms with van der Waals surface area (Å²) >= 11 is 0. The van der Waals surface area contributed by atoms with Crippen LogP contribution < -0.4 is 20.7 Å². The van der Waals surface area contributed by atoms with E-state index in [0.29, 0.717) is 5.56 Å². The van der Waals surface area contributed by atoms with Gasteiger partial charge in [0.15, 0.2) is 11.6 Å². The molecule has 0 aromatic heterocycles. The minimum Gasteiger partial charge on any atom is -0.403 e. The van der Waals surface area contributed by atoms with Gasteiger partial charge < -0.3 is 15.4 Å². The Balaban J connectivity index is 1.48. The maximum absolute atomic E-state index is 14.2. The van der Waals surface area contributed by atoms with Gasteiger partial charge in [0.25, 0.3) is 0 Å². The van der Waals surface area contributed by atoms with E-state index in [1.165, 1.54) is 6.07 Å². The van der Waals surface area contributed by atoms with Crippen LogP contribution in [-0.4, -0.2) is 24.2 Å². The number of carbonyl (C=O) groups is 2. The van der Waals surface area contributed by atoms with Crippen LogP contribution >= 0.6 is 0 Å². The fourth-order valence-electron chi connectivity index (χ4n) is 3.78. The van der Waals surface area contributed by atoms with Gasteiger partial charge in [-0.25, -0.2) is 4.39 Å². The molecule has 2 aliphatic rings. The number of nitrogens with one attached hydrogen (secondary N) is 3. The number of ether oxygens (including phenoxy) is 1. The maximum Gasteiger partial charge on any atom is 0.573 e. The van der Waals surface area contributed by atoms with E-state index < -0.39 is 42.1 Å². The van der Waals surface area contributed by atoms with Gasteiger partial charge in [-0.05, 0) is 42.0 Å². The van der Waals surface area contributed by atoms with Crippen LogP contribution in [0.2, 0.25) is 0 Å². The third-order valence-electron chi connectivity index (χ3n) is 5.44. The lowest BCUT2D eigenvalue weighted by Gasteiger charge is -2.32. The molecule has 1 aliphatic carbocycles. The van der Waals surface area contributed by atoms with Crippen LogP contribution in [-0.2, 0) is 9.59 Å². The van der Waals surface area contributed by atoms with Gasteiger partial charge in [0.05, 0.1) is 18.5 Å². The van der Waals surface area contributed by atoms with Crippen molar-refractivity contribution in [3.8, 4) is 5.75 Å². The van der Waals surface area contributed by atoms with Crippen molar-refractivity contribution in [1.82, 2.24) is 16.0 Å². The molecular weight excluding hydrogens is 430 g/mol. The molecule has 3 N–H and O–H groups in total. The minimum absolute atomic E-state index is 0.0371. The normalized spacial score (nSPS) is 22.1. The quantitative estimate of drug-likeness (QED) is 0.588. The molecule has 10 heteroatoms. The summed E-state index contributed by atoms with van der Waals surface area (Å²) in [4.78, 5) is 25.1. The molecule has 3 atom stereocenters. The molecule has 6 nitrogen and oxygen atoms in total. The van der Waals surface area contributed by atoms with Crippen LogP contribution in [0, 0.1) is 11.7 Å². The van der Waals surface area contributed by atoms with E-state index in [1.807, 2.05) is 30.3 Å². The topological polar surface area (TPSA) is 79.5 Å². The third-order valence-corrected chi connectivity index (χ3v) is 5.44. The van der Waals surface area contributed by atoms with Crippen LogP contribution in [0.4, 0.5) is 17.6 Å². The van der Waals surface area contributed by atoms with Crippen LogP contribution in [0.5, 0.6) is 5.75 Å². The molecule has 0 spiro atoms. The van der Waals surface area contributed by atoms with Crippen molar-refractivity contribution < 1.29 is 31.9 Å². The largest absolute Gasteiger partial charge is 0.573 e.